The van der Waals surface area contributed by atoms with Crippen molar-refractivity contribution in [3.8, 4) is 0 Å². The van der Waals surface area contributed by atoms with Crippen LogP contribution >= 0.6 is 0 Å². The first-order chi connectivity index (χ1) is 17.5. The Bertz CT molecular complexity index is 1260. The van der Waals surface area contributed by atoms with Gasteiger partial charge in [0.05, 0.1) is 18.1 Å². The van der Waals surface area contributed by atoms with E-state index in [9.17, 15) is 18.0 Å². The zero-order valence-corrected chi connectivity index (χ0v) is 22.6. The maximum atomic E-state index is 13.2. The van der Waals surface area contributed by atoms with E-state index in [1.165, 1.54) is 6.07 Å². The van der Waals surface area contributed by atoms with Crippen LogP contribution < -0.4 is 14.5 Å². The van der Waals surface area contributed by atoms with Crippen molar-refractivity contribution in [1.82, 2.24) is 14.7 Å². The second-order valence-corrected chi connectivity index (χ2v) is 11.8. The lowest BCUT2D eigenvalue weighted by Crippen LogP contribution is -2.43. The van der Waals surface area contributed by atoms with Gasteiger partial charge in [0, 0.05) is 31.4 Å². The number of rotatable bonds is 7. The Balaban J connectivity index is 1.50. The highest BCUT2D eigenvalue weighted by molar-refractivity contribution is 7.90. The molecule has 37 heavy (non-hydrogen) atoms. The Morgan fingerprint density at radius 2 is 1.84 bits per heavy atom. The summed E-state index contributed by atoms with van der Waals surface area (Å²) >= 11 is 0. The number of nitrogens with zero attached hydrogens (tertiary/aromatic N) is 4. The van der Waals surface area contributed by atoms with Gasteiger partial charge in [-0.25, -0.2) is 14.7 Å². The van der Waals surface area contributed by atoms with E-state index in [4.69, 9.17) is 4.74 Å². The topological polar surface area (TPSA) is 122 Å². The first-order valence-electron chi connectivity index (χ1n) is 12.7. The van der Waals surface area contributed by atoms with Crippen LogP contribution in [0.1, 0.15) is 57.3 Å². The quantitative estimate of drug-likeness (QED) is 0.539. The average molecular weight is 530 g/mol. The van der Waals surface area contributed by atoms with Crippen LogP contribution in [0.3, 0.4) is 0 Å². The van der Waals surface area contributed by atoms with Crippen molar-refractivity contribution in [3.05, 3.63) is 42.1 Å². The molecule has 10 nitrogen and oxygen atoms in total. The van der Waals surface area contributed by atoms with E-state index < -0.39 is 15.9 Å². The number of esters is 1. The lowest BCUT2D eigenvalue weighted by molar-refractivity contribution is -0.148. The molecule has 2 aliphatic heterocycles. The summed E-state index contributed by atoms with van der Waals surface area (Å²) in [6.45, 7) is 10.3. The molecule has 2 aromatic heterocycles. The molecule has 1 amide bonds. The minimum Gasteiger partial charge on any atom is -0.466 e. The molecule has 2 aromatic rings. The smallest absolute Gasteiger partial charge is 0.309 e. The molecule has 2 aliphatic rings. The summed E-state index contributed by atoms with van der Waals surface area (Å²) in [4.78, 5) is 38.0. The van der Waals surface area contributed by atoms with E-state index in [0.29, 0.717) is 50.1 Å². The molecule has 1 unspecified atom stereocenters. The molecule has 1 atom stereocenters. The molecule has 4 heterocycles. The van der Waals surface area contributed by atoms with Gasteiger partial charge in [0.2, 0.25) is 0 Å². The van der Waals surface area contributed by atoms with Crippen molar-refractivity contribution in [2.24, 2.45) is 11.8 Å². The van der Waals surface area contributed by atoms with Gasteiger partial charge in [0.1, 0.15) is 11.6 Å². The Morgan fingerprint density at radius 1 is 1.11 bits per heavy atom. The van der Waals surface area contributed by atoms with Gasteiger partial charge in [0.25, 0.3) is 15.9 Å². The van der Waals surface area contributed by atoms with Crippen LogP contribution in [0.25, 0.3) is 0 Å². The van der Waals surface area contributed by atoms with E-state index >= 15 is 0 Å². The number of amides is 1. The van der Waals surface area contributed by atoms with Crippen molar-refractivity contribution in [2.75, 3.05) is 36.0 Å². The summed E-state index contributed by atoms with van der Waals surface area (Å²) in [5.41, 5.74) is -0.0239. The third-order valence-corrected chi connectivity index (χ3v) is 8.86. The van der Waals surface area contributed by atoms with Crippen LogP contribution in [0.15, 0.2) is 41.6 Å². The molecule has 2 saturated heterocycles. The van der Waals surface area contributed by atoms with Crippen molar-refractivity contribution < 1.29 is 22.7 Å². The number of anilines is 2. The summed E-state index contributed by atoms with van der Waals surface area (Å²) in [5.74, 6) is 0.225. The van der Waals surface area contributed by atoms with Crippen LogP contribution in [-0.4, -0.2) is 62.0 Å². The molecule has 0 saturated carbocycles. The van der Waals surface area contributed by atoms with E-state index in [2.05, 4.69) is 40.4 Å². The molecule has 2 fully saturated rings. The van der Waals surface area contributed by atoms with Crippen molar-refractivity contribution in [2.45, 2.75) is 57.5 Å². The number of pyridine rings is 2. The zero-order chi connectivity index (χ0) is 26.8. The SMILES string of the molecule is CCOC(=O)C1CCN(c2cccc(S(=O)(=O)NC(=O)c3cccnc3N3CCC(C)C3(C)C)n2)CC1. The van der Waals surface area contributed by atoms with E-state index in [1.54, 1.807) is 37.4 Å². The number of nitrogens with one attached hydrogen (secondary N) is 1. The summed E-state index contributed by atoms with van der Waals surface area (Å²) in [5, 5.41) is -0.244. The van der Waals surface area contributed by atoms with E-state index in [1.807, 2.05) is 4.90 Å². The van der Waals surface area contributed by atoms with Gasteiger partial charge in [-0.05, 0) is 70.2 Å². The van der Waals surface area contributed by atoms with Gasteiger partial charge in [-0.3, -0.25) is 9.59 Å². The number of hydrogen-bond donors (Lipinski definition) is 1. The highest BCUT2D eigenvalue weighted by Gasteiger charge is 2.40. The highest BCUT2D eigenvalue weighted by Crippen LogP contribution is 2.38. The first kappa shape index (κ1) is 26.8. The number of carbonyl (C=O) groups is 2. The Kier molecular flexibility index (Phi) is 7.72. The molecule has 0 aliphatic carbocycles. The number of ether oxygens (including phenoxy) is 1. The Morgan fingerprint density at radius 3 is 2.49 bits per heavy atom. The third kappa shape index (κ3) is 5.56. The van der Waals surface area contributed by atoms with Gasteiger partial charge in [0.15, 0.2) is 5.03 Å². The second kappa shape index (κ2) is 10.6. The molecule has 0 radical (unpaired) electrons. The van der Waals surface area contributed by atoms with Crippen molar-refractivity contribution >= 4 is 33.5 Å². The lowest BCUT2D eigenvalue weighted by atomic mass is 9.90. The Labute approximate surface area is 218 Å². The largest absolute Gasteiger partial charge is 0.466 e. The van der Waals surface area contributed by atoms with Gasteiger partial charge in [-0.15, -0.1) is 0 Å². The minimum absolute atomic E-state index is 0.167. The van der Waals surface area contributed by atoms with Crippen molar-refractivity contribution in [3.63, 3.8) is 0 Å². The molecular weight excluding hydrogens is 494 g/mol. The second-order valence-electron chi connectivity index (χ2n) is 10.2. The number of aromatic nitrogens is 2. The summed E-state index contributed by atoms with van der Waals surface area (Å²) in [7, 11) is -4.24. The van der Waals surface area contributed by atoms with Gasteiger partial charge < -0.3 is 14.5 Å². The standard InChI is InChI=1S/C26H35N5O5S/c1-5-36-25(33)19-12-15-30(16-13-19)21-9-6-10-22(28-21)37(34,35)29-24(32)20-8-7-14-27-23(20)31-17-11-18(2)26(31,3)4/h6-10,14,18-19H,5,11-13,15-17H2,1-4H3,(H,29,32). The van der Waals surface area contributed by atoms with Gasteiger partial charge >= 0.3 is 5.97 Å². The molecule has 1 N–H and O–H groups in total. The zero-order valence-electron chi connectivity index (χ0n) is 21.8. The maximum absolute atomic E-state index is 13.2. The fourth-order valence-electron chi connectivity index (χ4n) is 4.96. The predicted molar refractivity (Wildman–Crippen MR) is 140 cm³/mol. The molecule has 0 aromatic carbocycles. The first-order valence-corrected chi connectivity index (χ1v) is 14.2. The molecule has 4 rings (SSSR count). The summed E-state index contributed by atoms with van der Waals surface area (Å²) < 4.78 is 33.6. The number of piperidine rings is 1. The number of sulfonamides is 1. The van der Waals surface area contributed by atoms with Crippen LogP contribution in [0, 0.1) is 11.8 Å². The average Bonchev–Trinajstić information content (AvgIpc) is 3.15. The van der Waals surface area contributed by atoms with E-state index in [-0.39, 0.29) is 28.0 Å². The van der Waals surface area contributed by atoms with Crippen LogP contribution in [-0.2, 0) is 19.6 Å². The maximum Gasteiger partial charge on any atom is 0.309 e. The van der Waals surface area contributed by atoms with Gasteiger partial charge in [-0.1, -0.05) is 13.0 Å². The molecule has 0 bridgehead atoms. The summed E-state index contributed by atoms with van der Waals surface area (Å²) in [6, 6.07) is 7.89. The monoisotopic (exact) mass is 529 g/mol. The fraction of sp³-hybridized carbons (Fsp3) is 0.538. The van der Waals surface area contributed by atoms with Crippen LogP contribution in [0.2, 0.25) is 0 Å². The normalized spacial score (nSPS) is 20.1. The lowest BCUT2D eigenvalue weighted by Gasteiger charge is -2.36. The molecule has 200 valence electrons. The third-order valence-electron chi connectivity index (χ3n) is 7.62. The number of hydrogen-bond acceptors (Lipinski definition) is 9. The summed E-state index contributed by atoms with van der Waals surface area (Å²) in [6.07, 6.45) is 3.76. The fourth-order valence-corrected chi connectivity index (χ4v) is 5.89. The van der Waals surface area contributed by atoms with E-state index in [0.717, 1.165) is 13.0 Å². The minimum atomic E-state index is -4.24. The Hall–Kier alpha value is -3.21. The van der Waals surface area contributed by atoms with Gasteiger partial charge in [-0.2, -0.15) is 8.42 Å². The van der Waals surface area contributed by atoms with Crippen LogP contribution in [0.4, 0.5) is 11.6 Å². The molecule has 11 heteroatoms. The van der Waals surface area contributed by atoms with Crippen LogP contribution in [0.5, 0.6) is 0 Å². The molecular formula is C26H35N5O5S. The molecule has 0 spiro atoms. The predicted octanol–water partition coefficient (Wildman–Crippen LogP) is 3.00. The number of carbonyl (C=O) groups excluding carboxylic acids is 2. The van der Waals surface area contributed by atoms with Crippen molar-refractivity contribution in [1.29, 1.82) is 0 Å². The highest BCUT2D eigenvalue weighted by atomic mass is 32.2.